The molecule has 0 bridgehead atoms. The van der Waals surface area contributed by atoms with Crippen molar-refractivity contribution in [3.05, 3.63) is 52.2 Å². The fourth-order valence-electron chi connectivity index (χ4n) is 2.09. The first kappa shape index (κ1) is 20.4. The lowest BCUT2D eigenvalue weighted by Crippen LogP contribution is -2.39. The van der Waals surface area contributed by atoms with Crippen LogP contribution in [0.4, 0.5) is 10.5 Å². The number of alkyl carbamates (subject to hydrolysis) is 1. The smallest absolute Gasteiger partial charge is 0.408 e. The number of benzene rings is 1. The molecule has 0 fully saturated rings. The normalized spacial score (nSPS) is 10.8. The first-order chi connectivity index (χ1) is 12.7. The highest BCUT2D eigenvalue weighted by Gasteiger charge is 2.16. The van der Waals surface area contributed by atoms with Gasteiger partial charge in [0.15, 0.2) is 0 Å². The molecule has 0 spiro atoms. The van der Waals surface area contributed by atoms with Crippen LogP contribution in [-0.2, 0) is 16.1 Å². The molecule has 0 aliphatic rings. The third-order valence-corrected chi connectivity index (χ3v) is 4.08. The van der Waals surface area contributed by atoms with Gasteiger partial charge in [0.25, 0.3) is 5.91 Å². The molecule has 27 heavy (non-hydrogen) atoms. The molecule has 2 aromatic rings. The molecule has 1 aromatic heterocycles. The Hall–Kier alpha value is -2.87. The van der Waals surface area contributed by atoms with Crippen LogP contribution < -0.4 is 16.0 Å². The van der Waals surface area contributed by atoms with Gasteiger partial charge in [0, 0.05) is 12.2 Å². The van der Waals surface area contributed by atoms with Gasteiger partial charge in [-0.05, 0) is 49.9 Å². The second-order valence-corrected chi connectivity index (χ2v) is 7.71. The van der Waals surface area contributed by atoms with E-state index in [0.29, 0.717) is 10.6 Å². The van der Waals surface area contributed by atoms with E-state index < -0.39 is 11.7 Å². The van der Waals surface area contributed by atoms with Crippen molar-refractivity contribution in [2.75, 3.05) is 11.9 Å². The third kappa shape index (κ3) is 7.49. The van der Waals surface area contributed by atoms with Crippen molar-refractivity contribution in [2.45, 2.75) is 32.9 Å². The third-order valence-electron chi connectivity index (χ3n) is 3.21. The first-order valence-electron chi connectivity index (χ1n) is 8.40. The van der Waals surface area contributed by atoms with Crippen molar-refractivity contribution in [1.29, 1.82) is 0 Å². The Morgan fingerprint density at radius 3 is 2.52 bits per heavy atom. The summed E-state index contributed by atoms with van der Waals surface area (Å²) in [7, 11) is 0. The highest BCUT2D eigenvalue weighted by Crippen LogP contribution is 2.15. The zero-order chi connectivity index (χ0) is 19.9. The van der Waals surface area contributed by atoms with Crippen LogP contribution >= 0.6 is 11.3 Å². The second kappa shape index (κ2) is 9.18. The summed E-state index contributed by atoms with van der Waals surface area (Å²) >= 11 is 1.37. The second-order valence-electron chi connectivity index (χ2n) is 6.76. The molecule has 3 N–H and O–H groups in total. The number of carbonyl (C=O) groups is 3. The van der Waals surface area contributed by atoms with Crippen LogP contribution in [0, 0.1) is 0 Å². The van der Waals surface area contributed by atoms with E-state index in [9.17, 15) is 14.4 Å². The summed E-state index contributed by atoms with van der Waals surface area (Å²) in [5.41, 5.74) is 0.853. The molecule has 0 aliphatic carbocycles. The van der Waals surface area contributed by atoms with Gasteiger partial charge < -0.3 is 20.7 Å². The van der Waals surface area contributed by atoms with Gasteiger partial charge in [-0.1, -0.05) is 18.2 Å². The maximum atomic E-state index is 12.1. The van der Waals surface area contributed by atoms with Crippen LogP contribution in [-0.4, -0.2) is 30.1 Å². The van der Waals surface area contributed by atoms with E-state index in [-0.39, 0.29) is 24.9 Å². The highest BCUT2D eigenvalue weighted by molar-refractivity contribution is 7.12. The van der Waals surface area contributed by atoms with E-state index in [1.807, 2.05) is 17.5 Å². The zero-order valence-corrected chi connectivity index (χ0v) is 16.3. The van der Waals surface area contributed by atoms with Crippen molar-refractivity contribution in [2.24, 2.45) is 0 Å². The molecule has 1 heterocycles. The quantitative estimate of drug-likeness (QED) is 0.707. The zero-order valence-electron chi connectivity index (χ0n) is 15.5. The van der Waals surface area contributed by atoms with E-state index in [1.54, 1.807) is 45.0 Å². The van der Waals surface area contributed by atoms with Crippen molar-refractivity contribution in [1.82, 2.24) is 10.6 Å². The standard InChI is InChI=1S/C19H23N3O4S/c1-19(2,3)26-18(25)21-12-16(23)20-11-13-6-4-7-14(10-13)22-17(24)15-8-5-9-27-15/h4-10H,11-12H2,1-3H3,(H,20,23)(H,21,25)(H,22,24). The van der Waals surface area contributed by atoms with Gasteiger partial charge in [-0.3, -0.25) is 9.59 Å². The Balaban J connectivity index is 1.79. The number of nitrogens with one attached hydrogen (secondary N) is 3. The lowest BCUT2D eigenvalue weighted by atomic mass is 10.2. The van der Waals surface area contributed by atoms with Crippen molar-refractivity contribution in [3.63, 3.8) is 0 Å². The topological polar surface area (TPSA) is 96.5 Å². The van der Waals surface area contributed by atoms with Crippen molar-refractivity contribution in [3.8, 4) is 0 Å². The van der Waals surface area contributed by atoms with Gasteiger partial charge in [-0.2, -0.15) is 0 Å². The maximum absolute atomic E-state index is 12.1. The molecule has 1 aromatic carbocycles. The van der Waals surface area contributed by atoms with E-state index in [0.717, 1.165) is 5.56 Å². The van der Waals surface area contributed by atoms with Gasteiger partial charge in [0.05, 0.1) is 4.88 Å². The van der Waals surface area contributed by atoms with E-state index in [2.05, 4.69) is 16.0 Å². The average molecular weight is 389 g/mol. The summed E-state index contributed by atoms with van der Waals surface area (Å²) in [5, 5.41) is 9.76. The highest BCUT2D eigenvalue weighted by atomic mass is 32.1. The van der Waals surface area contributed by atoms with Gasteiger partial charge >= 0.3 is 6.09 Å². The number of carbonyl (C=O) groups excluding carboxylic acids is 3. The summed E-state index contributed by atoms with van der Waals surface area (Å²) < 4.78 is 5.06. The van der Waals surface area contributed by atoms with Crippen LogP contribution in [0.1, 0.15) is 36.0 Å². The summed E-state index contributed by atoms with van der Waals surface area (Å²) in [6.07, 6.45) is -0.643. The predicted octanol–water partition coefficient (Wildman–Crippen LogP) is 3.14. The van der Waals surface area contributed by atoms with Crippen LogP contribution in [0.5, 0.6) is 0 Å². The number of anilines is 1. The minimum atomic E-state index is -0.643. The van der Waals surface area contributed by atoms with E-state index in [1.165, 1.54) is 11.3 Å². The number of thiophene rings is 1. The minimum Gasteiger partial charge on any atom is -0.444 e. The van der Waals surface area contributed by atoms with Gasteiger partial charge in [0.1, 0.15) is 12.1 Å². The minimum absolute atomic E-state index is 0.173. The summed E-state index contributed by atoms with van der Waals surface area (Å²) in [5.74, 6) is -0.512. The summed E-state index contributed by atoms with van der Waals surface area (Å²) in [6, 6.07) is 10.8. The SMILES string of the molecule is CC(C)(C)OC(=O)NCC(=O)NCc1cccc(NC(=O)c2cccs2)c1. The molecule has 8 heteroatoms. The first-order valence-corrected chi connectivity index (χ1v) is 9.28. The molecule has 0 radical (unpaired) electrons. The van der Waals surface area contributed by atoms with Crippen molar-refractivity contribution < 1.29 is 19.1 Å². The largest absolute Gasteiger partial charge is 0.444 e. The van der Waals surface area contributed by atoms with Crippen LogP contribution in [0.2, 0.25) is 0 Å². The molecule has 2 rings (SSSR count). The number of amides is 3. The summed E-state index contributed by atoms with van der Waals surface area (Å²) in [4.78, 5) is 36.1. The van der Waals surface area contributed by atoms with Crippen molar-refractivity contribution >= 4 is 34.9 Å². The number of hydrogen-bond acceptors (Lipinski definition) is 5. The van der Waals surface area contributed by atoms with E-state index >= 15 is 0 Å². The Kier molecular flexibility index (Phi) is 6.95. The molecule has 0 aliphatic heterocycles. The molecular weight excluding hydrogens is 366 g/mol. The maximum Gasteiger partial charge on any atom is 0.408 e. The van der Waals surface area contributed by atoms with Gasteiger partial charge in [-0.15, -0.1) is 11.3 Å². The molecule has 7 nitrogen and oxygen atoms in total. The van der Waals surface area contributed by atoms with Crippen LogP contribution in [0.15, 0.2) is 41.8 Å². The van der Waals surface area contributed by atoms with Gasteiger partial charge in [-0.25, -0.2) is 4.79 Å². The predicted molar refractivity (Wildman–Crippen MR) is 105 cm³/mol. The Morgan fingerprint density at radius 1 is 1.07 bits per heavy atom. The molecule has 0 atom stereocenters. The fraction of sp³-hybridized carbons (Fsp3) is 0.316. The van der Waals surface area contributed by atoms with Crippen LogP contribution in [0.25, 0.3) is 0 Å². The fourth-order valence-corrected chi connectivity index (χ4v) is 2.71. The lowest BCUT2D eigenvalue weighted by molar-refractivity contribution is -0.120. The average Bonchev–Trinajstić information content (AvgIpc) is 3.12. The Morgan fingerprint density at radius 2 is 1.85 bits per heavy atom. The summed E-state index contributed by atoms with van der Waals surface area (Å²) in [6.45, 7) is 5.34. The van der Waals surface area contributed by atoms with Crippen LogP contribution in [0.3, 0.4) is 0 Å². The molecule has 144 valence electrons. The Labute approximate surface area is 162 Å². The number of hydrogen-bond donors (Lipinski definition) is 3. The number of rotatable bonds is 6. The monoisotopic (exact) mass is 389 g/mol. The van der Waals surface area contributed by atoms with Gasteiger partial charge in [0.2, 0.25) is 5.91 Å². The Bertz CT molecular complexity index is 798. The number of ether oxygens (including phenoxy) is 1. The van der Waals surface area contributed by atoms with E-state index in [4.69, 9.17) is 4.74 Å². The lowest BCUT2D eigenvalue weighted by Gasteiger charge is -2.19. The molecule has 0 unspecified atom stereocenters. The molecule has 0 saturated carbocycles. The molecule has 3 amide bonds. The molecular formula is C19H23N3O4S. The molecule has 0 saturated heterocycles.